The van der Waals surface area contributed by atoms with Crippen LogP contribution in [0.3, 0.4) is 0 Å². The molecule has 6 rings (SSSR count). The van der Waals surface area contributed by atoms with Gasteiger partial charge in [0.05, 0.1) is 39.6 Å². The first-order valence-electron chi connectivity index (χ1n) is 21.1. The number of ether oxygens (including phenoxy) is 11. The van der Waals surface area contributed by atoms with Crippen molar-refractivity contribution < 1.29 is 154 Å². The summed E-state index contributed by atoms with van der Waals surface area (Å²) < 4.78 is 62.2. The Morgan fingerprint density at radius 2 is 0.433 bits per heavy atom. The Morgan fingerprint density at radius 1 is 0.224 bits per heavy atom. The lowest BCUT2D eigenvalue weighted by Crippen LogP contribution is -2.69. The second kappa shape index (κ2) is 23.5. The fraction of sp³-hybridized carbons (Fsp3) is 1.00. The fourth-order valence-corrected chi connectivity index (χ4v) is 8.42. The van der Waals surface area contributed by atoms with E-state index >= 15 is 0 Å². The topological polar surface area (TPSA) is 506 Å². The van der Waals surface area contributed by atoms with E-state index in [9.17, 15) is 102 Å². The molecule has 0 radical (unpaired) electrons. The van der Waals surface area contributed by atoms with Gasteiger partial charge in [-0.05, 0) is 0 Å². The number of aliphatic hydroxyl groups excluding tert-OH is 20. The van der Waals surface area contributed by atoms with Gasteiger partial charge >= 0.3 is 0 Å². The molecular formula is C36H62O31. The van der Waals surface area contributed by atoms with E-state index in [1.165, 1.54) is 0 Å². The molecule has 67 heavy (non-hydrogen) atoms. The second-order valence-corrected chi connectivity index (χ2v) is 16.8. The third-order valence-corrected chi connectivity index (χ3v) is 12.4. The third-order valence-electron chi connectivity index (χ3n) is 12.4. The monoisotopic (exact) mass is 990 g/mol. The highest BCUT2D eigenvalue weighted by Crippen LogP contribution is 2.37. The van der Waals surface area contributed by atoms with Crippen LogP contribution in [0.25, 0.3) is 0 Å². The summed E-state index contributed by atoms with van der Waals surface area (Å²) in [5, 5.41) is 211. The van der Waals surface area contributed by atoms with Gasteiger partial charge in [0.15, 0.2) is 37.7 Å². The van der Waals surface area contributed by atoms with Gasteiger partial charge in [-0.15, -0.1) is 0 Å². The van der Waals surface area contributed by atoms with Gasteiger partial charge in [0.1, 0.15) is 146 Å². The van der Waals surface area contributed by atoms with Crippen LogP contribution in [0.5, 0.6) is 0 Å². The van der Waals surface area contributed by atoms with E-state index in [0.29, 0.717) is 0 Å². The van der Waals surface area contributed by atoms with Crippen molar-refractivity contribution in [2.75, 3.05) is 39.6 Å². The molecule has 0 bridgehead atoms. The molecule has 0 spiro atoms. The third kappa shape index (κ3) is 11.2. The van der Waals surface area contributed by atoms with Crippen molar-refractivity contribution >= 4 is 0 Å². The lowest BCUT2D eigenvalue weighted by atomic mass is 9.95. The Morgan fingerprint density at radius 3 is 0.716 bits per heavy atom. The molecule has 0 saturated carbocycles. The Kier molecular flexibility index (Phi) is 19.4. The molecule has 30 atom stereocenters. The molecule has 6 aliphatic heterocycles. The average Bonchev–Trinajstić information content (AvgIpc) is 3.32. The van der Waals surface area contributed by atoms with Crippen molar-refractivity contribution in [3.63, 3.8) is 0 Å². The Balaban J connectivity index is 1.31. The van der Waals surface area contributed by atoms with Gasteiger partial charge in [0.25, 0.3) is 0 Å². The molecule has 20 N–H and O–H groups in total. The van der Waals surface area contributed by atoms with E-state index in [4.69, 9.17) is 52.1 Å². The highest BCUT2D eigenvalue weighted by Gasteiger charge is 2.58. The van der Waals surface area contributed by atoms with Gasteiger partial charge in [-0.3, -0.25) is 0 Å². The summed E-state index contributed by atoms with van der Waals surface area (Å²) in [5.74, 6) is 0. The highest BCUT2D eigenvalue weighted by atomic mass is 16.8. The molecule has 0 aromatic rings. The summed E-state index contributed by atoms with van der Waals surface area (Å²) in [5.41, 5.74) is 0. The first-order chi connectivity index (χ1) is 31.8. The van der Waals surface area contributed by atoms with Crippen molar-refractivity contribution in [2.45, 2.75) is 184 Å². The van der Waals surface area contributed by atoms with Gasteiger partial charge in [-0.2, -0.15) is 0 Å². The first-order valence-corrected chi connectivity index (χ1v) is 21.1. The van der Waals surface area contributed by atoms with Crippen molar-refractivity contribution in [3.05, 3.63) is 0 Å². The molecule has 6 heterocycles. The van der Waals surface area contributed by atoms with Gasteiger partial charge in [-0.25, -0.2) is 0 Å². The molecule has 0 aromatic carbocycles. The maximum atomic E-state index is 11.5. The van der Waals surface area contributed by atoms with Gasteiger partial charge < -0.3 is 154 Å². The zero-order valence-corrected chi connectivity index (χ0v) is 35.0. The van der Waals surface area contributed by atoms with E-state index in [1.807, 2.05) is 0 Å². The quantitative estimate of drug-likeness (QED) is 0.0683. The summed E-state index contributed by atoms with van der Waals surface area (Å²) in [6, 6.07) is 0. The van der Waals surface area contributed by atoms with E-state index in [-0.39, 0.29) is 0 Å². The summed E-state index contributed by atoms with van der Waals surface area (Å²) >= 11 is 0. The first kappa shape index (κ1) is 55.1. The minimum Gasteiger partial charge on any atom is -0.394 e. The fourth-order valence-electron chi connectivity index (χ4n) is 8.42. The normalized spacial score (nSPS) is 53.4. The Labute approximate surface area is 378 Å². The molecule has 392 valence electrons. The van der Waals surface area contributed by atoms with Crippen LogP contribution in [0, 0.1) is 0 Å². The molecule has 31 nitrogen and oxygen atoms in total. The van der Waals surface area contributed by atoms with Gasteiger partial charge in [0, 0.05) is 0 Å². The zero-order valence-electron chi connectivity index (χ0n) is 35.0. The van der Waals surface area contributed by atoms with Crippen LogP contribution in [-0.2, 0) is 52.1 Å². The zero-order chi connectivity index (χ0) is 49.3. The second-order valence-electron chi connectivity index (χ2n) is 16.8. The number of hydrogen-bond acceptors (Lipinski definition) is 31. The maximum absolute atomic E-state index is 11.5. The largest absolute Gasteiger partial charge is 0.394 e. The molecule has 0 unspecified atom stereocenters. The predicted molar refractivity (Wildman–Crippen MR) is 199 cm³/mol. The average molecular weight is 991 g/mol. The van der Waals surface area contributed by atoms with Crippen molar-refractivity contribution in [2.24, 2.45) is 0 Å². The summed E-state index contributed by atoms with van der Waals surface area (Å²) in [4.78, 5) is 0. The van der Waals surface area contributed by atoms with Crippen molar-refractivity contribution in [3.8, 4) is 0 Å². The molecule has 6 fully saturated rings. The molecule has 6 aliphatic rings. The molecular weight excluding hydrogens is 928 g/mol. The van der Waals surface area contributed by atoms with Crippen LogP contribution in [0.2, 0.25) is 0 Å². The number of aliphatic hydroxyl groups is 20. The SMILES string of the molecule is OC[C@H]1O[C@@H](O[C@@H]2[C@H](O[C@@H]3[C@H](O[C@@H]4[C@H](O[C@@H]5[C@H](O[C@H]6[C@@H](O)[C@H](O)[C@@H](CO)O[C@@H]6O)O[C@H](CO)[C@@H](O)[C@@H]5O)O[C@H](CO)[C@@H](O)[C@@H]4O)O[C@H](CO)[C@@H](O)[C@@H]3O)O[C@H](CO)[C@@H](O)[C@@H]2O)[C@@H](O)[C@@H](O)[C@@H]1O. The van der Waals surface area contributed by atoms with Crippen molar-refractivity contribution in [1.82, 2.24) is 0 Å². The van der Waals surface area contributed by atoms with Crippen LogP contribution in [0.4, 0.5) is 0 Å². The van der Waals surface area contributed by atoms with Crippen LogP contribution in [-0.4, -0.2) is 326 Å². The van der Waals surface area contributed by atoms with E-state index in [1.54, 1.807) is 0 Å². The molecule has 0 aliphatic carbocycles. The van der Waals surface area contributed by atoms with E-state index in [2.05, 4.69) is 0 Å². The van der Waals surface area contributed by atoms with E-state index in [0.717, 1.165) is 0 Å². The van der Waals surface area contributed by atoms with Gasteiger partial charge in [-0.1, -0.05) is 0 Å². The van der Waals surface area contributed by atoms with Crippen LogP contribution < -0.4 is 0 Å². The van der Waals surface area contributed by atoms with Crippen molar-refractivity contribution in [1.29, 1.82) is 0 Å². The number of rotatable bonds is 16. The van der Waals surface area contributed by atoms with Crippen LogP contribution in [0.15, 0.2) is 0 Å². The summed E-state index contributed by atoms with van der Waals surface area (Å²) in [7, 11) is 0. The summed E-state index contributed by atoms with van der Waals surface area (Å²) in [6.45, 7) is -5.86. The van der Waals surface area contributed by atoms with E-state index < -0.39 is 224 Å². The lowest BCUT2D eigenvalue weighted by Gasteiger charge is -2.50. The maximum Gasteiger partial charge on any atom is 0.187 e. The Hall–Kier alpha value is -1.24. The molecule has 31 heteroatoms. The predicted octanol–water partition coefficient (Wildman–Crippen LogP) is -14.1. The van der Waals surface area contributed by atoms with Crippen LogP contribution in [0.1, 0.15) is 0 Å². The van der Waals surface area contributed by atoms with Crippen LogP contribution >= 0.6 is 0 Å². The molecule has 6 saturated heterocycles. The summed E-state index contributed by atoms with van der Waals surface area (Å²) in [6.07, 6.45) is -60.2. The lowest BCUT2D eigenvalue weighted by molar-refractivity contribution is -0.417. The van der Waals surface area contributed by atoms with Gasteiger partial charge in [0.2, 0.25) is 0 Å². The molecule has 0 aromatic heterocycles. The minimum absolute atomic E-state index is 0.865. The number of hydrogen-bond donors (Lipinski definition) is 20. The highest BCUT2D eigenvalue weighted by molar-refractivity contribution is 5.00. The minimum atomic E-state index is -2.25. The smallest absolute Gasteiger partial charge is 0.187 e. The Bertz CT molecular complexity index is 1510. The standard InChI is InChI=1S/C36H62O31/c37-1-7-14(44)20(50)26(31(56)57-7)63-33-28(22(52)16(46)9(3-39)59-33)65-35-30(24(54)18(48)11(5-41)61-35)67-36-29(23(53)17(47)12(6-42)62-36)66-34-27(21(51)15(45)10(4-40)60-34)64-32-25(55)19(49)13(43)8(2-38)58-32/h7-56H,1-6H2/t7-,8-,9-,10-,11-,12-,13-,14-,15-,16-,17-,18-,19+,20+,21+,22+,23+,24+,25+,26+,27+,28+,29+,30+,31+,32+,33+,34+,35+,36+/m1/s1. The molecule has 0 amide bonds.